The summed E-state index contributed by atoms with van der Waals surface area (Å²) in [6.45, 7) is 0. The van der Waals surface area contributed by atoms with Gasteiger partial charge in [-0.25, -0.2) is 9.59 Å². The molecular weight excluding hydrogens is 418 g/mol. The quantitative estimate of drug-likeness (QED) is 0.427. The van der Waals surface area contributed by atoms with Crippen molar-refractivity contribution in [2.75, 3.05) is 12.4 Å². The summed E-state index contributed by atoms with van der Waals surface area (Å²) in [7, 11) is 2.30. The van der Waals surface area contributed by atoms with Crippen LogP contribution in [-0.2, 0) is 9.59 Å². The van der Waals surface area contributed by atoms with Crippen molar-refractivity contribution in [1.29, 1.82) is 0 Å². The van der Waals surface area contributed by atoms with Gasteiger partial charge in [0.15, 0.2) is 0 Å². The van der Waals surface area contributed by atoms with Crippen LogP contribution in [0.2, 0.25) is 0 Å². The topological polar surface area (TPSA) is 106 Å². The van der Waals surface area contributed by atoms with Crippen LogP contribution in [0.1, 0.15) is 25.7 Å². The number of aliphatic carboxylic acids is 2. The molecule has 0 saturated carbocycles. The second-order valence-corrected chi connectivity index (χ2v) is 8.73. The number of carboxylic acids is 2. The molecule has 2 aliphatic heterocycles. The number of aromatic amines is 1. The first-order valence-electron chi connectivity index (χ1n) is 11.2. The smallest absolute Gasteiger partial charge is 0.328 e. The van der Waals surface area contributed by atoms with Crippen molar-refractivity contribution in [2.24, 2.45) is 0 Å². The average Bonchev–Trinajstić information content (AvgIpc) is 3.33. The predicted octanol–water partition coefficient (Wildman–Crippen LogP) is 4.58. The molecule has 2 bridgehead atoms. The molecular formula is C26H29N3O4. The number of hydrogen-bond donors (Lipinski definition) is 4. The molecule has 0 spiro atoms. The van der Waals surface area contributed by atoms with E-state index in [9.17, 15) is 9.59 Å². The van der Waals surface area contributed by atoms with Crippen molar-refractivity contribution < 1.29 is 19.8 Å². The normalized spacial score (nSPS) is 22.2. The van der Waals surface area contributed by atoms with Gasteiger partial charge in [0.2, 0.25) is 0 Å². The molecule has 3 aromatic rings. The molecule has 2 fully saturated rings. The first-order valence-corrected chi connectivity index (χ1v) is 11.2. The summed E-state index contributed by atoms with van der Waals surface area (Å²) in [5, 5.41) is 20.7. The van der Waals surface area contributed by atoms with Gasteiger partial charge in [0.05, 0.1) is 0 Å². The van der Waals surface area contributed by atoms with E-state index in [2.05, 4.69) is 70.8 Å². The van der Waals surface area contributed by atoms with Gasteiger partial charge in [-0.2, -0.15) is 0 Å². The van der Waals surface area contributed by atoms with E-state index in [4.69, 9.17) is 10.2 Å². The SMILES string of the molecule is CN1[C@@H]2CC[C@H]1C[C@@H](Nc1ccc(-c3ccc4[nH]ccc4c3)cc1)C2.O=C(O)/C=C/C(=O)O. The van der Waals surface area contributed by atoms with Crippen molar-refractivity contribution in [3.05, 3.63) is 66.9 Å². The number of rotatable bonds is 5. The standard InChI is InChI=1S/C22H25N3.C4H4O4/c1-25-20-7-8-21(25)14-19(13-20)24-18-5-2-15(3-6-18)16-4-9-22-17(12-16)10-11-23-22;5-3(6)1-2-4(7)8/h2-6,9-12,19-21,23-24H,7-8,13-14H2,1H3;1-2H,(H,5,6)(H,7,8)/b;2-1+/t19-,20+,21-;. The zero-order valence-corrected chi connectivity index (χ0v) is 18.6. The van der Waals surface area contributed by atoms with Crippen LogP contribution in [0.15, 0.2) is 66.9 Å². The molecule has 172 valence electrons. The summed E-state index contributed by atoms with van der Waals surface area (Å²) >= 11 is 0. The zero-order valence-electron chi connectivity index (χ0n) is 18.6. The zero-order chi connectivity index (χ0) is 23.4. The van der Waals surface area contributed by atoms with E-state index in [0.717, 1.165) is 12.1 Å². The van der Waals surface area contributed by atoms with Crippen molar-refractivity contribution in [3.8, 4) is 11.1 Å². The lowest BCUT2D eigenvalue weighted by atomic mass is 9.97. The van der Waals surface area contributed by atoms with Gasteiger partial charge in [0.1, 0.15) is 0 Å². The second kappa shape index (κ2) is 9.92. The van der Waals surface area contributed by atoms with E-state index in [1.54, 1.807) is 0 Å². The Morgan fingerprint density at radius 1 is 0.939 bits per heavy atom. The van der Waals surface area contributed by atoms with Crippen LogP contribution >= 0.6 is 0 Å². The van der Waals surface area contributed by atoms with Crippen LogP contribution in [0.5, 0.6) is 0 Å². The average molecular weight is 448 g/mol. The highest BCUT2D eigenvalue weighted by Gasteiger charge is 2.38. The molecule has 7 nitrogen and oxygen atoms in total. The maximum absolute atomic E-state index is 9.55. The van der Waals surface area contributed by atoms with E-state index in [1.165, 1.54) is 53.4 Å². The lowest BCUT2D eigenvalue weighted by Crippen LogP contribution is -2.44. The summed E-state index contributed by atoms with van der Waals surface area (Å²) < 4.78 is 0. The van der Waals surface area contributed by atoms with Crippen molar-refractivity contribution >= 4 is 28.5 Å². The van der Waals surface area contributed by atoms with Gasteiger partial charge in [-0.05, 0) is 79.6 Å². The first-order chi connectivity index (χ1) is 15.9. The minimum absolute atomic E-state index is 0.558. The number of H-pyrrole nitrogens is 1. The predicted molar refractivity (Wildman–Crippen MR) is 129 cm³/mol. The Balaban J connectivity index is 0.000000281. The molecule has 5 rings (SSSR count). The number of aromatic nitrogens is 1. The Morgan fingerprint density at radius 3 is 2.15 bits per heavy atom. The molecule has 0 unspecified atom stereocenters. The number of carboxylic acid groups (broad SMARTS) is 2. The van der Waals surface area contributed by atoms with Gasteiger partial charge < -0.3 is 25.4 Å². The van der Waals surface area contributed by atoms with Crippen LogP contribution in [0.25, 0.3) is 22.0 Å². The number of nitrogens with zero attached hydrogens (tertiary/aromatic N) is 1. The molecule has 4 N–H and O–H groups in total. The summed E-state index contributed by atoms with van der Waals surface area (Å²) in [4.78, 5) is 25.0. The third kappa shape index (κ3) is 5.62. The molecule has 2 aromatic carbocycles. The number of hydrogen-bond acceptors (Lipinski definition) is 4. The van der Waals surface area contributed by atoms with E-state index < -0.39 is 11.9 Å². The summed E-state index contributed by atoms with van der Waals surface area (Å²) in [5.41, 5.74) is 4.99. The highest BCUT2D eigenvalue weighted by molar-refractivity contribution is 5.89. The minimum Gasteiger partial charge on any atom is -0.478 e. The molecule has 2 aliphatic rings. The molecule has 1 aromatic heterocycles. The van der Waals surface area contributed by atoms with Gasteiger partial charge in [-0.3, -0.25) is 0 Å². The van der Waals surface area contributed by atoms with Gasteiger partial charge in [-0.1, -0.05) is 18.2 Å². The number of anilines is 1. The van der Waals surface area contributed by atoms with Crippen LogP contribution in [0.4, 0.5) is 5.69 Å². The van der Waals surface area contributed by atoms with Crippen molar-refractivity contribution in [2.45, 2.75) is 43.8 Å². The second-order valence-electron chi connectivity index (χ2n) is 8.73. The fourth-order valence-corrected chi connectivity index (χ4v) is 4.90. The maximum atomic E-state index is 9.55. The molecule has 33 heavy (non-hydrogen) atoms. The monoisotopic (exact) mass is 447 g/mol. The third-order valence-electron chi connectivity index (χ3n) is 6.61. The highest BCUT2D eigenvalue weighted by Crippen LogP contribution is 2.35. The van der Waals surface area contributed by atoms with Gasteiger partial charge >= 0.3 is 11.9 Å². The Morgan fingerprint density at radius 2 is 1.55 bits per heavy atom. The fourth-order valence-electron chi connectivity index (χ4n) is 4.90. The van der Waals surface area contributed by atoms with E-state index >= 15 is 0 Å². The number of piperidine rings is 1. The lowest BCUT2D eigenvalue weighted by molar-refractivity contribution is -0.134. The fraction of sp³-hybridized carbons (Fsp3) is 0.308. The molecule has 0 radical (unpaired) electrons. The van der Waals surface area contributed by atoms with E-state index in [-0.39, 0.29) is 0 Å². The van der Waals surface area contributed by atoms with E-state index in [0.29, 0.717) is 18.2 Å². The number of carbonyl (C=O) groups is 2. The highest BCUT2D eigenvalue weighted by atomic mass is 16.4. The lowest BCUT2D eigenvalue weighted by Gasteiger charge is -2.37. The van der Waals surface area contributed by atoms with Crippen LogP contribution in [0.3, 0.4) is 0 Å². The molecule has 2 saturated heterocycles. The van der Waals surface area contributed by atoms with Gasteiger partial charge in [0.25, 0.3) is 0 Å². The van der Waals surface area contributed by atoms with Gasteiger partial charge in [-0.15, -0.1) is 0 Å². The number of benzene rings is 2. The van der Waals surface area contributed by atoms with Crippen LogP contribution in [0, 0.1) is 0 Å². The molecule has 3 heterocycles. The minimum atomic E-state index is -1.26. The molecule has 0 aliphatic carbocycles. The maximum Gasteiger partial charge on any atom is 0.328 e. The largest absolute Gasteiger partial charge is 0.478 e. The molecule has 7 heteroatoms. The third-order valence-corrected chi connectivity index (χ3v) is 6.61. The number of fused-ring (bicyclic) bond motifs is 3. The molecule has 3 atom stereocenters. The van der Waals surface area contributed by atoms with Crippen molar-refractivity contribution in [1.82, 2.24) is 9.88 Å². The van der Waals surface area contributed by atoms with Crippen molar-refractivity contribution in [3.63, 3.8) is 0 Å². The molecule has 0 amide bonds. The Kier molecular flexibility index (Phi) is 6.79. The van der Waals surface area contributed by atoms with Gasteiger partial charge in [0, 0.05) is 47.7 Å². The Labute approximate surface area is 192 Å². The first kappa shape index (κ1) is 22.6. The summed E-state index contributed by atoms with van der Waals surface area (Å²) in [6, 6.07) is 19.9. The van der Waals surface area contributed by atoms with Crippen LogP contribution in [-0.4, -0.2) is 57.2 Å². The van der Waals surface area contributed by atoms with E-state index in [1.807, 2.05) is 6.20 Å². The summed E-state index contributed by atoms with van der Waals surface area (Å²) in [5.74, 6) is -2.51. The Bertz CT molecular complexity index is 1120. The van der Waals surface area contributed by atoms with Crippen LogP contribution < -0.4 is 5.32 Å². The number of nitrogens with one attached hydrogen (secondary N) is 2. The Hall–Kier alpha value is -3.58. The summed E-state index contributed by atoms with van der Waals surface area (Å²) in [6.07, 6.45) is 8.42.